The first-order valence-electron chi connectivity index (χ1n) is 6.16. The molecule has 0 aromatic heterocycles. The third-order valence-corrected chi connectivity index (χ3v) is 3.81. The number of carboxylic acid groups (broad SMARTS) is 1. The summed E-state index contributed by atoms with van der Waals surface area (Å²) in [6.45, 7) is 4.39. The lowest BCUT2D eigenvalue weighted by Crippen LogP contribution is -2.33. The molecule has 0 aliphatic carbocycles. The molecule has 17 heavy (non-hydrogen) atoms. The van der Waals surface area contributed by atoms with Crippen LogP contribution in [0.2, 0.25) is 0 Å². The zero-order valence-corrected chi connectivity index (χ0v) is 10.2. The Kier molecular flexibility index (Phi) is 3.48. The third-order valence-electron chi connectivity index (χ3n) is 3.81. The van der Waals surface area contributed by atoms with E-state index in [1.165, 1.54) is 5.56 Å². The van der Waals surface area contributed by atoms with E-state index in [0.717, 1.165) is 19.5 Å². The van der Waals surface area contributed by atoms with Crippen molar-refractivity contribution < 1.29 is 9.90 Å². The molecule has 0 amide bonds. The van der Waals surface area contributed by atoms with Crippen molar-refractivity contribution in [3.05, 3.63) is 35.9 Å². The summed E-state index contributed by atoms with van der Waals surface area (Å²) >= 11 is 0. The number of carboxylic acids is 1. The number of likely N-dealkylation sites (tertiary alicyclic amines) is 1. The summed E-state index contributed by atoms with van der Waals surface area (Å²) < 4.78 is 0. The summed E-state index contributed by atoms with van der Waals surface area (Å²) in [6, 6.07) is 10.2. The molecule has 3 nitrogen and oxygen atoms in total. The molecule has 1 aromatic rings. The predicted molar refractivity (Wildman–Crippen MR) is 66.7 cm³/mol. The van der Waals surface area contributed by atoms with Gasteiger partial charge in [0.15, 0.2) is 0 Å². The SMILES string of the molecule is CCC1(C(=O)O)CCN(Cc2ccccc2)C1. The molecule has 1 aromatic carbocycles. The number of aliphatic carboxylic acids is 1. The standard InChI is InChI=1S/C14H19NO2/c1-2-14(13(16)17)8-9-15(11-14)10-12-6-4-3-5-7-12/h3-7H,2,8-11H2,1H3,(H,16,17). The van der Waals surface area contributed by atoms with Crippen LogP contribution in [0.15, 0.2) is 30.3 Å². The zero-order valence-electron chi connectivity index (χ0n) is 10.2. The quantitative estimate of drug-likeness (QED) is 0.868. The lowest BCUT2D eigenvalue weighted by Gasteiger charge is -2.23. The fourth-order valence-electron chi connectivity index (χ4n) is 2.55. The van der Waals surface area contributed by atoms with Gasteiger partial charge in [-0.05, 0) is 24.9 Å². The second kappa shape index (κ2) is 4.88. The Morgan fingerprint density at radius 2 is 2.12 bits per heavy atom. The first-order chi connectivity index (χ1) is 8.16. The minimum absolute atomic E-state index is 0.519. The van der Waals surface area contributed by atoms with Crippen molar-refractivity contribution in [2.75, 3.05) is 13.1 Å². The monoisotopic (exact) mass is 233 g/mol. The van der Waals surface area contributed by atoms with Gasteiger partial charge in [0.05, 0.1) is 5.41 Å². The molecule has 1 saturated heterocycles. The average Bonchev–Trinajstić information content (AvgIpc) is 2.75. The minimum atomic E-state index is -0.643. The maximum Gasteiger partial charge on any atom is 0.310 e. The lowest BCUT2D eigenvalue weighted by atomic mass is 9.84. The molecule has 92 valence electrons. The normalized spacial score (nSPS) is 25.0. The molecule has 0 bridgehead atoms. The van der Waals surface area contributed by atoms with E-state index < -0.39 is 11.4 Å². The van der Waals surface area contributed by atoms with Crippen LogP contribution in [0.4, 0.5) is 0 Å². The Labute approximate surface area is 102 Å². The first-order valence-corrected chi connectivity index (χ1v) is 6.16. The largest absolute Gasteiger partial charge is 0.481 e. The maximum absolute atomic E-state index is 11.3. The number of hydrogen-bond donors (Lipinski definition) is 1. The number of benzene rings is 1. The molecule has 0 spiro atoms. The van der Waals surface area contributed by atoms with Gasteiger partial charge in [0.25, 0.3) is 0 Å². The van der Waals surface area contributed by atoms with Crippen LogP contribution in [0.1, 0.15) is 25.3 Å². The van der Waals surface area contributed by atoms with Crippen molar-refractivity contribution in [2.45, 2.75) is 26.3 Å². The molecule has 3 heteroatoms. The van der Waals surface area contributed by atoms with Gasteiger partial charge in [-0.1, -0.05) is 37.3 Å². The molecule has 1 unspecified atom stereocenters. The Morgan fingerprint density at radius 1 is 1.41 bits per heavy atom. The fraction of sp³-hybridized carbons (Fsp3) is 0.500. The fourth-order valence-corrected chi connectivity index (χ4v) is 2.55. The van der Waals surface area contributed by atoms with Crippen LogP contribution >= 0.6 is 0 Å². The molecule has 1 heterocycles. The Bertz CT molecular complexity index is 390. The molecule has 0 radical (unpaired) electrons. The van der Waals surface area contributed by atoms with E-state index >= 15 is 0 Å². The van der Waals surface area contributed by atoms with Crippen molar-refractivity contribution >= 4 is 5.97 Å². The summed E-state index contributed by atoms with van der Waals surface area (Å²) in [7, 11) is 0. The highest BCUT2D eigenvalue weighted by Crippen LogP contribution is 2.34. The molecule has 1 atom stereocenters. The van der Waals surface area contributed by atoms with Gasteiger partial charge in [0.2, 0.25) is 0 Å². The molecule has 0 saturated carbocycles. The highest BCUT2D eigenvalue weighted by Gasteiger charge is 2.42. The van der Waals surface area contributed by atoms with E-state index in [1.54, 1.807) is 0 Å². The van der Waals surface area contributed by atoms with Crippen molar-refractivity contribution in [2.24, 2.45) is 5.41 Å². The molecular formula is C14H19NO2. The van der Waals surface area contributed by atoms with Gasteiger partial charge in [0.1, 0.15) is 0 Å². The highest BCUT2D eigenvalue weighted by atomic mass is 16.4. The van der Waals surface area contributed by atoms with E-state index in [9.17, 15) is 9.90 Å². The summed E-state index contributed by atoms with van der Waals surface area (Å²) in [5.74, 6) is -0.643. The number of hydrogen-bond acceptors (Lipinski definition) is 2. The van der Waals surface area contributed by atoms with Crippen LogP contribution in [0, 0.1) is 5.41 Å². The van der Waals surface area contributed by atoms with Gasteiger partial charge in [-0.25, -0.2) is 0 Å². The molecule has 1 aliphatic heterocycles. The Hall–Kier alpha value is -1.35. The second-order valence-corrected chi connectivity index (χ2v) is 4.89. The van der Waals surface area contributed by atoms with Gasteiger partial charge >= 0.3 is 5.97 Å². The van der Waals surface area contributed by atoms with Gasteiger partial charge in [0, 0.05) is 13.1 Å². The van der Waals surface area contributed by atoms with Crippen molar-refractivity contribution in [1.82, 2.24) is 4.90 Å². The number of rotatable bonds is 4. The predicted octanol–water partition coefficient (Wildman–Crippen LogP) is 2.37. The summed E-state index contributed by atoms with van der Waals surface area (Å²) in [4.78, 5) is 13.6. The minimum Gasteiger partial charge on any atom is -0.481 e. The van der Waals surface area contributed by atoms with E-state index in [0.29, 0.717) is 13.0 Å². The van der Waals surface area contributed by atoms with Gasteiger partial charge in [-0.15, -0.1) is 0 Å². The van der Waals surface area contributed by atoms with E-state index in [2.05, 4.69) is 17.0 Å². The Morgan fingerprint density at radius 3 is 2.65 bits per heavy atom. The molecule has 1 aliphatic rings. The van der Waals surface area contributed by atoms with E-state index in [-0.39, 0.29) is 0 Å². The molecule has 1 N–H and O–H groups in total. The van der Waals surface area contributed by atoms with Gasteiger partial charge < -0.3 is 5.11 Å². The average molecular weight is 233 g/mol. The summed E-state index contributed by atoms with van der Waals surface area (Å²) in [5.41, 5.74) is 0.735. The van der Waals surface area contributed by atoms with Crippen molar-refractivity contribution in [3.8, 4) is 0 Å². The highest BCUT2D eigenvalue weighted by molar-refractivity contribution is 5.75. The third kappa shape index (κ3) is 2.50. The smallest absolute Gasteiger partial charge is 0.310 e. The molecule has 1 fully saturated rings. The maximum atomic E-state index is 11.3. The first kappa shape index (κ1) is 12.1. The lowest BCUT2D eigenvalue weighted by molar-refractivity contribution is -0.148. The van der Waals surface area contributed by atoms with Crippen LogP contribution in [0.5, 0.6) is 0 Å². The Balaban J connectivity index is 2.01. The van der Waals surface area contributed by atoms with E-state index in [4.69, 9.17) is 0 Å². The van der Waals surface area contributed by atoms with Crippen LogP contribution in [-0.4, -0.2) is 29.1 Å². The van der Waals surface area contributed by atoms with Gasteiger partial charge in [-0.2, -0.15) is 0 Å². The number of nitrogens with zero attached hydrogens (tertiary/aromatic N) is 1. The number of carbonyl (C=O) groups is 1. The molecular weight excluding hydrogens is 214 g/mol. The van der Waals surface area contributed by atoms with Crippen LogP contribution < -0.4 is 0 Å². The molecule has 2 rings (SSSR count). The zero-order chi connectivity index (χ0) is 12.3. The summed E-state index contributed by atoms with van der Waals surface area (Å²) in [5, 5.41) is 9.32. The van der Waals surface area contributed by atoms with E-state index in [1.807, 2.05) is 25.1 Å². The van der Waals surface area contributed by atoms with Crippen LogP contribution in [0.25, 0.3) is 0 Å². The van der Waals surface area contributed by atoms with Crippen LogP contribution in [-0.2, 0) is 11.3 Å². The summed E-state index contributed by atoms with van der Waals surface area (Å²) in [6.07, 6.45) is 1.49. The van der Waals surface area contributed by atoms with Crippen molar-refractivity contribution in [1.29, 1.82) is 0 Å². The van der Waals surface area contributed by atoms with Gasteiger partial charge in [-0.3, -0.25) is 9.69 Å². The van der Waals surface area contributed by atoms with Crippen LogP contribution in [0.3, 0.4) is 0 Å². The van der Waals surface area contributed by atoms with Crippen molar-refractivity contribution in [3.63, 3.8) is 0 Å². The topological polar surface area (TPSA) is 40.5 Å². The second-order valence-electron chi connectivity index (χ2n) is 4.89.